The van der Waals surface area contributed by atoms with Crippen LogP contribution in [0.5, 0.6) is 0 Å². The van der Waals surface area contributed by atoms with Gasteiger partial charge in [0.05, 0.1) is 16.8 Å². The van der Waals surface area contributed by atoms with Crippen LogP contribution in [0.4, 0.5) is 0 Å². The minimum atomic E-state index is -0.311. The van der Waals surface area contributed by atoms with Crippen LogP contribution in [-0.2, 0) is 11.3 Å². The van der Waals surface area contributed by atoms with Crippen molar-refractivity contribution in [1.82, 2.24) is 14.3 Å². The van der Waals surface area contributed by atoms with Gasteiger partial charge in [-0.2, -0.15) is 10.1 Å². The van der Waals surface area contributed by atoms with Crippen molar-refractivity contribution in [2.75, 3.05) is 13.2 Å². The van der Waals surface area contributed by atoms with Gasteiger partial charge < -0.3 is 9.30 Å². The first-order valence-corrected chi connectivity index (χ1v) is 10.5. The van der Waals surface area contributed by atoms with Gasteiger partial charge in [0.25, 0.3) is 5.91 Å². The van der Waals surface area contributed by atoms with Gasteiger partial charge >= 0.3 is 0 Å². The summed E-state index contributed by atoms with van der Waals surface area (Å²) in [4.78, 5) is 18.0. The quantitative estimate of drug-likeness (QED) is 0.583. The highest BCUT2D eigenvalue weighted by molar-refractivity contribution is 7.16. The molecule has 0 spiro atoms. The highest BCUT2D eigenvalue weighted by Gasteiger charge is 2.15. The molecule has 6 nitrogen and oxygen atoms in total. The van der Waals surface area contributed by atoms with E-state index in [1.165, 1.54) is 11.1 Å². The van der Waals surface area contributed by atoms with E-state index in [4.69, 9.17) is 4.74 Å². The van der Waals surface area contributed by atoms with E-state index in [1.54, 1.807) is 17.4 Å². The highest BCUT2D eigenvalue weighted by Crippen LogP contribution is 2.23. The van der Waals surface area contributed by atoms with Crippen molar-refractivity contribution in [2.45, 2.75) is 54.1 Å². The molecule has 2 heterocycles. The maximum absolute atomic E-state index is 12.8. The van der Waals surface area contributed by atoms with Gasteiger partial charge in [0, 0.05) is 24.9 Å². The number of amides is 1. The maximum atomic E-state index is 12.8. The number of fused-ring (bicyclic) bond motifs is 1. The molecule has 3 rings (SSSR count). The molecular weight excluding hydrogens is 372 g/mol. The van der Waals surface area contributed by atoms with Gasteiger partial charge in [-0.05, 0) is 64.8 Å². The number of benzene rings is 1. The molecule has 0 unspecified atom stereocenters. The summed E-state index contributed by atoms with van der Waals surface area (Å²) in [6.07, 6.45) is 0. The van der Waals surface area contributed by atoms with Crippen molar-refractivity contribution in [3.63, 3.8) is 0 Å². The molecule has 3 aromatic rings. The lowest BCUT2D eigenvalue weighted by Crippen LogP contribution is -2.20. The van der Waals surface area contributed by atoms with Crippen LogP contribution in [0.1, 0.15) is 54.1 Å². The fourth-order valence-corrected chi connectivity index (χ4v) is 4.48. The Morgan fingerprint density at radius 3 is 2.64 bits per heavy atom. The maximum Gasteiger partial charge on any atom is 0.300 e. The molecule has 0 saturated heterocycles. The minimum absolute atomic E-state index is 0.202. The summed E-state index contributed by atoms with van der Waals surface area (Å²) in [5, 5.41) is 4.44. The van der Waals surface area contributed by atoms with Gasteiger partial charge in [-0.15, -0.1) is 0 Å². The number of hydrogen-bond donors (Lipinski definition) is 0. The predicted octanol–water partition coefficient (Wildman–Crippen LogP) is 4.18. The van der Waals surface area contributed by atoms with Gasteiger partial charge in [-0.3, -0.25) is 9.48 Å². The first-order chi connectivity index (χ1) is 13.3. The number of ether oxygens (including phenoxy) is 1. The number of aromatic nitrogens is 3. The van der Waals surface area contributed by atoms with E-state index < -0.39 is 0 Å². The SMILES string of the molecule is CCOCCn1c(=NC(=O)c2cc(C)n(C(C)C)n2)sc2c(C)cc(C)cc21. The molecule has 0 aliphatic rings. The Labute approximate surface area is 169 Å². The zero-order chi connectivity index (χ0) is 20.4. The molecule has 0 aliphatic carbocycles. The van der Waals surface area contributed by atoms with Crippen molar-refractivity contribution >= 4 is 27.5 Å². The number of rotatable bonds is 6. The molecule has 0 fully saturated rings. The average Bonchev–Trinajstić information content (AvgIpc) is 3.17. The van der Waals surface area contributed by atoms with Crippen LogP contribution in [0.3, 0.4) is 0 Å². The molecule has 150 valence electrons. The molecule has 0 bridgehead atoms. The number of thiazole rings is 1. The van der Waals surface area contributed by atoms with Crippen LogP contribution in [0.15, 0.2) is 23.2 Å². The number of aryl methyl sites for hydroxylation is 3. The highest BCUT2D eigenvalue weighted by atomic mass is 32.1. The molecular formula is C21H28N4O2S. The fourth-order valence-electron chi connectivity index (χ4n) is 3.37. The Morgan fingerprint density at radius 2 is 2.00 bits per heavy atom. The number of carbonyl (C=O) groups excluding carboxylic acids is 1. The molecule has 2 aromatic heterocycles. The van der Waals surface area contributed by atoms with Crippen molar-refractivity contribution in [2.24, 2.45) is 4.99 Å². The van der Waals surface area contributed by atoms with Crippen molar-refractivity contribution in [3.05, 3.63) is 45.5 Å². The van der Waals surface area contributed by atoms with E-state index in [9.17, 15) is 4.79 Å². The normalized spacial score (nSPS) is 12.5. The summed E-state index contributed by atoms with van der Waals surface area (Å²) in [5.74, 6) is -0.311. The van der Waals surface area contributed by atoms with E-state index in [0.29, 0.717) is 30.3 Å². The van der Waals surface area contributed by atoms with Crippen molar-refractivity contribution in [1.29, 1.82) is 0 Å². The van der Waals surface area contributed by atoms with Crippen LogP contribution in [0.25, 0.3) is 10.2 Å². The lowest BCUT2D eigenvalue weighted by Gasteiger charge is -2.07. The molecule has 0 saturated carbocycles. The number of carbonyl (C=O) groups is 1. The third-order valence-electron chi connectivity index (χ3n) is 4.61. The summed E-state index contributed by atoms with van der Waals surface area (Å²) in [6, 6.07) is 6.31. The molecule has 0 N–H and O–H groups in total. The van der Waals surface area contributed by atoms with Gasteiger partial charge in [0.1, 0.15) is 0 Å². The van der Waals surface area contributed by atoms with Crippen molar-refractivity contribution in [3.8, 4) is 0 Å². The Morgan fingerprint density at radius 1 is 1.25 bits per heavy atom. The van der Waals surface area contributed by atoms with Gasteiger partial charge in [-0.25, -0.2) is 0 Å². The van der Waals surface area contributed by atoms with E-state index >= 15 is 0 Å². The zero-order valence-electron chi connectivity index (χ0n) is 17.4. The monoisotopic (exact) mass is 400 g/mol. The van der Waals surface area contributed by atoms with Crippen molar-refractivity contribution < 1.29 is 9.53 Å². The lowest BCUT2D eigenvalue weighted by molar-refractivity contribution is 0.0991. The Balaban J connectivity index is 2.10. The Hall–Kier alpha value is -2.25. The molecule has 1 amide bonds. The second kappa shape index (κ2) is 8.41. The zero-order valence-corrected chi connectivity index (χ0v) is 18.3. The fraction of sp³-hybridized carbons (Fsp3) is 0.476. The summed E-state index contributed by atoms with van der Waals surface area (Å²) < 4.78 is 10.6. The largest absolute Gasteiger partial charge is 0.380 e. The van der Waals surface area contributed by atoms with Gasteiger partial charge in [-0.1, -0.05) is 17.4 Å². The van der Waals surface area contributed by atoms with E-state index in [-0.39, 0.29) is 11.9 Å². The molecule has 1 aromatic carbocycles. The van der Waals surface area contributed by atoms with E-state index in [0.717, 1.165) is 15.9 Å². The van der Waals surface area contributed by atoms with Crippen LogP contribution in [-0.4, -0.2) is 33.5 Å². The summed E-state index contributed by atoms with van der Waals surface area (Å²) >= 11 is 1.54. The Bertz CT molecular complexity index is 1070. The molecule has 7 heteroatoms. The lowest BCUT2D eigenvalue weighted by atomic mass is 10.1. The summed E-state index contributed by atoms with van der Waals surface area (Å²) in [6.45, 7) is 14.1. The molecule has 0 aliphatic heterocycles. The van der Waals surface area contributed by atoms with E-state index in [2.05, 4.69) is 40.6 Å². The van der Waals surface area contributed by atoms with Crippen LogP contribution >= 0.6 is 11.3 Å². The smallest absolute Gasteiger partial charge is 0.300 e. The summed E-state index contributed by atoms with van der Waals surface area (Å²) in [7, 11) is 0. The summed E-state index contributed by atoms with van der Waals surface area (Å²) in [5.41, 5.74) is 4.82. The number of nitrogens with zero attached hydrogens (tertiary/aromatic N) is 4. The second-order valence-electron chi connectivity index (χ2n) is 7.29. The number of hydrogen-bond acceptors (Lipinski definition) is 4. The van der Waals surface area contributed by atoms with Gasteiger partial charge in [0.2, 0.25) is 0 Å². The second-order valence-corrected chi connectivity index (χ2v) is 8.27. The third-order valence-corrected chi connectivity index (χ3v) is 5.84. The average molecular weight is 401 g/mol. The van der Waals surface area contributed by atoms with E-state index in [1.807, 2.05) is 32.4 Å². The molecule has 0 radical (unpaired) electrons. The molecule has 28 heavy (non-hydrogen) atoms. The van der Waals surface area contributed by atoms with Crippen LogP contribution in [0, 0.1) is 20.8 Å². The first-order valence-electron chi connectivity index (χ1n) is 9.65. The topological polar surface area (TPSA) is 61.4 Å². The van der Waals surface area contributed by atoms with Crippen LogP contribution < -0.4 is 4.80 Å². The predicted molar refractivity (Wildman–Crippen MR) is 113 cm³/mol. The third kappa shape index (κ3) is 4.10. The molecule has 0 atom stereocenters. The Kier molecular flexibility index (Phi) is 6.15. The van der Waals surface area contributed by atoms with Crippen LogP contribution in [0.2, 0.25) is 0 Å². The first kappa shape index (κ1) is 20.5. The standard InChI is InChI=1S/C21H28N4O2S/c1-7-27-9-8-24-18-11-14(4)10-15(5)19(18)28-21(24)22-20(26)17-12-16(6)25(23-17)13(2)3/h10-13H,7-9H2,1-6H3. The minimum Gasteiger partial charge on any atom is -0.380 e. The van der Waals surface area contributed by atoms with Gasteiger partial charge in [0.15, 0.2) is 10.5 Å².